The highest BCUT2D eigenvalue weighted by Crippen LogP contribution is 2.39. The maximum atomic E-state index is 13.0. The number of benzene rings is 2. The summed E-state index contributed by atoms with van der Waals surface area (Å²) in [6.07, 6.45) is 4.31. The lowest BCUT2D eigenvalue weighted by atomic mass is 9.82. The number of aromatic nitrogens is 2. The number of anilines is 1. The van der Waals surface area contributed by atoms with Crippen LogP contribution < -0.4 is 10.6 Å². The average molecular weight is 461 g/mol. The summed E-state index contributed by atoms with van der Waals surface area (Å²) in [6, 6.07) is 16.5. The van der Waals surface area contributed by atoms with Crippen LogP contribution in [0.4, 0.5) is 10.5 Å². The Kier molecular flexibility index (Phi) is 7.30. The van der Waals surface area contributed by atoms with Gasteiger partial charge in [-0.15, -0.1) is 0 Å². The molecule has 0 saturated heterocycles. The molecule has 0 atom stereocenters. The van der Waals surface area contributed by atoms with Gasteiger partial charge in [-0.2, -0.15) is 9.78 Å². The number of carbonyl (C=O) groups excluding carboxylic acids is 2. The fourth-order valence-corrected chi connectivity index (χ4v) is 4.12. The Morgan fingerprint density at radius 3 is 2.56 bits per heavy atom. The number of phenols is 1. The van der Waals surface area contributed by atoms with Crippen LogP contribution in [-0.4, -0.2) is 33.4 Å². The fourth-order valence-electron chi connectivity index (χ4n) is 4.12. The van der Waals surface area contributed by atoms with E-state index in [2.05, 4.69) is 15.7 Å². The molecule has 0 spiro atoms. The molecule has 2 aromatic carbocycles. The van der Waals surface area contributed by atoms with Crippen LogP contribution in [0.25, 0.3) is 11.3 Å². The Morgan fingerprint density at radius 2 is 1.88 bits per heavy atom. The summed E-state index contributed by atoms with van der Waals surface area (Å²) in [5.41, 5.74) is 3.60. The number of hydrogen-bond acceptors (Lipinski definition) is 4. The lowest BCUT2D eigenvalue weighted by molar-refractivity contribution is -0.116. The van der Waals surface area contributed by atoms with Crippen molar-refractivity contribution >= 4 is 17.6 Å². The van der Waals surface area contributed by atoms with E-state index < -0.39 is 0 Å². The van der Waals surface area contributed by atoms with Crippen molar-refractivity contribution in [2.75, 3.05) is 11.9 Å². The van der Waals surface area contributed by atoms with Gasteiger partial charge in [0.2, 0.25) is 5.91 Å². The lowest BCUT2D eigenvalue weighted by Gasteiger charge is -2.25. The zero-order valence-corrected chi connectivity index (χ0v) is 19.8. The maximum absolute atomic E-state index is 13.0. The standard InChI is InChI=1S/C27H32N4O3/c1-18(2)15-26(33)29-21-11-12-25(32)22(16-21)23-17-24(20-9-6-10-20)31(30-23)27(34)28-14-13-19-7-4-3-5-8-19/h3-5,7-8,11-12,16-18,20,32H,6,9-10,13-15H2,1-2H3,(H,28,34)(H,29,33). The molecule has 3 N–H and O–H groups in total. The highest BCUT2D eigenvalue weighted by molar-refractivity contribution is 5.92. The summed E-state index contributed by atoms with van der Waals surface area (Å²) in [4.78, 5) is 25.2. The lowest BCUT2D eigenvalue weighted by Crippen LogP contribution is -2.33. The van der Waals surface area contributed by atoms with Gasteiger partial charge in [-0.3, -0.25) is 4.79 Å². The minimum absolute atomic E-state index is 0.0520. The van der Waals surface area contributed by atoms with Crippen molar-refractivity contribution < 1.29 is 14.7 Å². The van der Waals surface area contributed by atoms with E-state index in [0.29, 0.717) is 29.9 Å². The van der Waals surface area contributed by atoms with Gasteiger partial charge in [-0.05, 0) is 55.0 Å². The molecule has 2 amide bonds. The van der Waals surface area contributed by atoms with Gasteiger partial charge in [-0.1, -0.05) is 50.6 Å². The van der Waals surface area contributed by atoms with E-state index in [1.807, 2.05) is 50.2 Å². The van der Waals surface area contributed by atoms with Gasteiger partial charge in [0.1, 0.15) is 5.75 Å². The Balaban J connectivity index is 1.54. The monoisotopic (exact) mass is 460 g/mol. The van der Waals surface area contributed by atoms with Gasteiger partial charge in [-0.25, -0.2) is 4.79 Å². The smallest absolute Gasteiger partial charge is 0.342 e. The molecule has 4 rings (SSSR count). The van der Waals surface area contributed by atoms with Gasteiger partial charge in [0.05, 0.1) is 11.4 Å². The molecule has 1 aliphatic rings. The third kappa shape index (κ3) is 5.65. The summed E-state index contributed by atoms with van der Waals surface area (Å²) in [7, 11) is 0. The van der Waals surface area contributed by atoms with Crippen LogP contribution in [0.5, 0.6) is 5.75 Å². The number of rotatable bonds is 8. The third-order valence-corrected chi connectivity index (χ3v) is 6.14. The van der Waals surface area contributed by atoms with Crippen molar-refractivity contribution in [3.63, 3.8) is 0 Å². The molecular weight excluding hydrogens is 428 g/mol. The van der Waals surface area contributed by atoms with E-state index in [9.17, 15) is 14.7 Å². The Bertz CT molecular complexity index is 1150. The Labute approximate surface area is 200 Å². The number of nitrogens with one attached hydrogen (secondary N) is 2. The van der Waals surface area contributed by atoms with Crippen LogP contribution in [0.3, 0.4) is 0 Å². The van der Waals surface area contributed by atoms with Crippen molar-refractivity contribution in [1.82, 2.24) is 15.1 Å². The normalized spacial score (nSPS) is 13.5. The summed E-state index contributed by atoms with van der Waals surface area (Å²) >= 11 is 0. The van der Waals surface area contributed by atoms with Crippen LogP contribution in [0.15, 0.2) is 54.6 Å². The van der Waals surface area contributed by atoms with Gasteiger partial charge in [0, 0.05) is 30.1 Å². The molecule has 3 aromatic rings. The predicted molar refractivity (Wildman–Crippen MR) is 133 cm³/mol. The first-order chi connectivity index (χ1) is 16.4. The summed E-state index contributed by atoms with van der Waals surface area (Å²) < 4.78 is 1.44. The molecule has 7 heteroatoms. The molecular formula is C27H32N4O3. The van der Waals surface area contributed by atoms with Crippen LogP contribution in [0.1, 0.15) is 56.7 Å². The molecule has 1 saturated carbocycles. The minimum Gasteiger partial charge on any atom is -0.507 e. The van der Waals surface area contributed by atoms with E-state index in [1.54, 1.807) is 18.2 Å². The Morgan fingerprint density at radius 1 is 1.12 bits per heavy atom. The van der Waals surface area contributed by atoms with Crippen LogP contribution >= 0.6 is 0 Å². The number of amides is 2. The van der Waals surface area contributed by atoms with E-state index >= 15 is 0 Å². The zero-order valence-electron chi connectivity index (χ0n) is 19.8. The molecule has 0 unspecified atom stereocenters. The number of nitrogens with zero attached hydrogens (tertiary/aromatic N) is 2. The molecule has 178 valence electrons. The fraction of sp³-hybridized carbons (Fsp3) is 0.370. The highest BCUT2D eigenvalue weighted by atomic mass is 16.3. The summed E-state index contributed by atoms with van der Waals surface area (Å²) in [6.45, 7) is 4.48. The van der Waals surface area contributed by atoms with Gasteiger partial charge in [0.25, 0.3) is 0 Å². The van der Waals surface area contributed by atoms with Gasteiger partial charge in [0.15, 0.2) is 0 Å². The van der Waals surface area contributed by atoms with E-state index in [0.717, 1.165) is 36.9 Å². The summed E-state index contributed by atoms with van der Waals surface area (Å²) in [5, 5.41) is 20.9. The second kappa shape index (κ2) is 10.5. The second-order valence-electron chi connectivity index (χ2n) is 9.34. The topological polar surface area (TPSA) is 96.2 Å². The van der Waals surface area contributed by atoms with Crippen LogP contribution in [0.2, 0.25) is 0 Å². The third-order valence-electron chi connectivity index (χ3n) is 6.14. The number of hydrogen-bond donors (Lipinski definition) is 3. The van der Waals surface area contributed by atoms with E-state index in [4.69, 9.17) is 0 Å². The first-order valence-corrected chi connectivity index (χ1v) is 12.0. The molecule has 1 aliphatic carbocycles. The molecule has 1 heterocycles. The van der Waals surface area contributed by atoms with E-state index in [-0.39, 0.29) is 29.5 Å². The highest BCUT2D eigenvalue weighted by Gasteiger charge is 2.27. The van der Waals surface area contributed by atoms with Gasteiger partial charge >= 0.3 is 6.03 Å². The van der Waals surface area contributed by atoms with Crippen molar-refractivity contribution in [2.45, 2.75) is 51.9 Å². The van der Waals surface area contributed by atoms with Crippen LogP contribution in [0, 0.1) is 5.92 Å². The quantitative estimate of drug-likeness (QED) is 0.397. The molecule has 34 heavy (non-hydrogen) atoms. The number of phenolic OH excluding ortho intramolecular Hbond substituents is 1. The minimum atomic E-state index is -0.273. The van der Waals surface area contributed by atoms with Crippen molar-refractivity contribution in [3.8, 4) is 17.0 Å². The van der Waals surface area contributed by atoms with Crippen molar-refractivity contribution in [2.24, 2.45) is 5.92 Å². The molecule has 7 nitrogen and oxygen atoms in total. The maximum Gasteiger partial charge on any atom is 0.342 e. The summed E-state index contributed by atoms with van der Waals surface area (Å²) in [5.74, 6) is 0.496. The second-order valence-corrected chi connectivity index (χ2v) is 9.34. The van der Waals surface area contributed by atoms with Crippen molar-refractivity contribution in [3.05, 3.63) is 65.9 Å². The molecule has 1 aromatic heterocycles. The predicted octanol–water partition coefficient (Wildman–Crippen LogP) is 5.31. The molecule has 0 bridgehead atoms. The number of aromatic hydroxyl groups is 1. The van der Waals surface area contributed by atoms with E-state index in [1.165, 1.54) is 4.68 Å². The molecule has 1 fully saturated rings. The Hall–Kier alpha value is -3.61. The zero-order chi connectivity index (χ0) is 24.1. The van der Waals surface area contributed by atoms with Crippen LogP contribution in [-0.2, 0) is 11.2 Å². The SMILES string of the molecule is CC(C)CC(=O)Nc1ccc(O)c(-c2cc(C3CCC3)n(C(=O)NCCc3ccccc3)n2)c1. The first kappa shape index (κ1) is 23.5. The van der Waals surface area contributed by atoms with Gasteiger partial charge < -0.3 is 15.7 Å². The molecule has 0 radical (unpaired) electrons. The average Bonchev–Trinajstić information content (AvgIpc) is 3.18. The molecule has 0 aliphatic heterocycles. The first-order valence-electron chi connectivity index (χ1n) is 12.0. The van der Waals surface area contributed by atoms with Crippen molar-refractivity contribution in [1.29, 1.82) is 0 Å². The number of carbonyl (C=O) groups is 2. The largest absolute Gasteiger partial charge is 0.507 e.